The molecule has 2 heterocycles. The van der Waals surface area contributed by atoms with E-state index < -0.39 is 10.2 Å². The van der Waals surface area contributed by atoms with Crippen LogP contribution in [0.15, 0.2) is 0 Å². The Bertz CT molecular complexity index is 554. The highest BCUT2D eigenvalue weighted by atomic mass is 32.2. The first-order valence-corrected chi connectivity index (χ1v) is 9.78. The summed E-state index contributed by atoms with van der Waals surface area (Å²) < 4.78 is 32.9. The molecule has 2 aliphatic heterocycles. The Balaban J connectivity index is 2.16. The molecule has 1 atom stereocenters. The molecule has 0 radical (unpaired) electrons. The van der Waals surface area contributed by atoms with Crippen LogP contribution >= 0.6 is 0 Å². The van der Waals surface area contributed by atoms with E-state index in [9.17, 15) is 13.2 Å². The standard InChI is InChI=1S/C15H30N4O4S/c1-16(2)24(21,22)19-10-9-17(3)15(13-19)6-5-14(20)18(8-7-15)11-12-23-4/h5-13H2,1-4H3/t15-/m1/s1. The summed E-state index contributed by atoms with van der Waals surface area (Å²) in [4.78, 5) is 16.4. The maximum Gasteiger partial charge on any atom is 0.281 e. The van der Waals surface area contributed by atoms with Gasteiger partial charge in [0.25, 0.3) is 10.2 Å². The third-order valence-corrected chi connectivity index (χ3v) is 7.21. The van der Waals surface area contributed by atoms with Crippen LogP contribution in [0, 0.1) is 0 Å². The molecule has 24 heavy (non-hydrogen) atoms. The summed E-state index contributed by atoms with van der Waals surface area (Å²) in [6, 6.07) is 0. The number of nitrogens with zero attached hydrogens (tertiary/aromatic N) is 4. The molecule has 0 aromatic rings. The van der Waals surface area contributed by atoms with Crippen LogP contribution in [-0.4, -0.2) is 106 Å². The van der Waals surface area contributed by atoms with Gasteiger partial charge in [-0.3, -0.25) is 9.69 Å². The zero-order valence-corrected chi connectivity index (χ0v) is 16.0. The van der Waals surface area contributed by atoms with Crippen molar-refractivity contribution in [2.45, 2.75) is 24.8 Å². The van der Waals surface area contributed by atoms with Crippen molar-refractivity contribution >= 4 is 16.1 Å². The van der Waals surface area contributed by atoms with Gasteiger partial charge in [0.15, 0.2) is 0 Å². The van der Waals surface area contributed by atoms with Crippen molar-refractivity contribution in [3.05, 3.63) is 0 Å². The molecule has 9 heteroatoms. The largest absolute Gasteiger partial charge is 0.383 e. The number of hydrogen-bond acceptors (Lipinski definition) is 5. The second kappa shape index (κ2) is 7.65. The van der Waals surface area contributed by atoms with E-state index in [4.69, 9.17) is 4.74 Å². The van der Waals surface area contributed by atoms with Crippen LogP contribution < -0.4 is 0 Å². The maximum atomic E-state index is 12.5. The molecule has 0 aromatic carbocycles. The molecule has 0 N–H and O–H groups in total. The van der Waals surface area contributed by atoms with Gasteiger partial charge >= 0.3 is 0 Å². The van der Waals surface area contributed by atoms with Crippen molar-refractivity contribution < 1.29 is 17.9 Å². The monoisotopic (exact) mass is 362 g/mol. The molecule has 0 saturated carbocycles. The minimum absolute atomic E-state index is 0.130. The van der Waals surface area contributed by atoms with Crippen LogP contribution in [0.1, 0.15) is 19.3 Å². The van der Waals surface area contributed by atoms with Gasteiger partial charge in [0.2, 0.25) is 5.91 Å². The van der Waals surface area contributed by atoms with E-state index >= 15 is 0 Å². The number of hydrogen-bond donors (Lipinski definition) is 0. The maximum absolute atomic E-state index is 12.5. The van der Waals surface area contributed by atoms with E-state index in [1.165, 1.54) is 4.31 Å². The summed E-state index contributed by atoms with van der Waals surface area (Å²) in [5.41, 5.74) is -0.279. The van der Waals surface area contributed by atoms with Gasteiger partial charge in [-0.2, -0.15) is 17.0 Å². The number of rotatable bonds is 5. The topological polar surface area (TPSA) is 73.4 Å². The van der Waals surface area contributed by atoms with Crippen LogP contribution in [-0.2, 0) is 19.7 Å². The van der Waals surface area contributed by atoms with Crippen LogP contribution in [0.5, 0.6) is 0 Å². The van der Waals surface area contributed by atoms with Gasteiger partial charge in [-0.05, 0) is 19.9 Å². The van der Waals surface area contributed by atoms with Crippen molar-refractivity contribution in [1.82, 2.24) is 18.4 Å². The van der Waals surface area contributed by atoms with E-state index in [-0.39, 0.29) is 11.4 Å². The molecule has 0 bridgehead atoms. The Hall–Kier alpha value is -0.740. The molecule has 1 amide bonds. The Morgan fingerprint density at radius 1 is 1.21 bits per heavy atom. The van der Waals surface area contributed by atoms with Crippen molar-refractivity contribution in [2.75, 3.05) is 67.6 Å². The molecule has 2 fully saturated rings. The van der Waals surface area contributed by atoms with E-state index in [1.54, 1.807) is 25.5 Å². The SMILES string of the molecule is COCCN1CC[C@]2(CCC1=O)CN(S(=O)(=O)N(C)C)CCN2C. The highest BCUT2D eigenvalue weighted by Gasteiger charge is 2.45. The fourth-order valence-electron chi connectivity index (χ4n) is 3.52. The zero-order chi connectivity index (χ0) is 18.0. The second-order valence-electron chi connectivity index (χ2n) is 6.89. The number of carbonyl (C=O) groups is 1. The van der Waals surface area contributed by atoms with Crippen molar-refractivity contribution in [2.24, 2.45) is 0 Å². The first-order valence-electron chi connectivity index (χ1n) is 8.38. The molecule has 2 saturated heterocycles. The Labute approximate surface area is 145 Å². The second-order valence-corrected chi connectivity index (χ2v) is 9.04. The summed E-state index contributed by atoms with van der Waals surface area (Å²) >= 11 is 0. The predicted molar refractivity (Wildman–Crippen MR) is 91.8 cm³/mol. The van der Waals surface area contributed by atoms with Crippen molar-refractivity contribution in [1.29, 1.82) is 0 Å². The number of likely N-dealkylation sites (tertiary alicyclic amines) is 1. The Morgan fingerprint density at radius 2 is 1.92 bits per heavy atom. The van der Waals surface area contributed by atoms with Crippen molar-refractivity contribution in [3.63, 3.8) is 0 Å². The lowest BCUT2D eigenvalue weighted by atomic mass is 9.87. The Morgan fingerprint density at radius 3 is 2.54 bits per heavy atom. The third-order valence-electron chi connectivity index (χ3n) is 5.32. The predicted octanol–water partition coefficient (Wildman–Crippen LogP) is -0.562. The molecule has 140 valence electrons. The minimum Gasteiger partial charge on any atom is -0.383 e. The summed E-state index contributed by atoms with van der Waals surface area (Å²) in [5, 5.41) is 0. The third kappa shape index (κ3) is 3.91. The number of likely N-dealkylation sites (N-methyl/N-ethyl adjacent to an activating group) is 1. The first kappa shape index (κ1) is 19.6. The van der Waals surface area contributed by atoms with E-state index in [0.29, 0.717) is 52.2 Å². The highest BCUT2D eigenvalue weighted by molar-refractivity contribution is 7.86. The summed E-state index contributed by atoms with van der Waals surface area (Å²) in [5.74, 6) is 0.130. The quantitative estimate of drug-likeness (QED) is 0.655. The highest BCUT2D eigenvalue weighted by Crippen LogP contribution is 2.33. The number of amides is 1. The van der Waals surface area contributed by atoms with E-state index in [1.807, 2.05) is 11.9 Å². The van der Waals surface area contributed by atoms with E-state index in [0.717, 1.165) is 6.42 Å². The van der Waals surface area contributed by atoms with Gasteiger partial charge in [-0.15, -0.1) is 0 Å². The summed E-state index contributed by atoms with van der Waals surface area (Å²) in [6.45, 7) is 3.36. The van der Waals surface area contributed by atoms with Gasteiger partial charge in [0, 0.05) is 65.9 Å². The molecular weight excluding hydrogens is 332 g/mol. The zero-order valence-electron chi connectivity index (χ0n) is 15.2. The number of ether oxygens (including phenoxy) is 1. The fourth-order valence-corrected chi connectivity index (χ4v) is 4.70. The van der Waals surface area contributed by atoms with Gasteiger partial charge in [0.05, 0.1) is 6.61 Å². The van der Waals surface area contributed by atoms with Crippen LogP contribution in [0.4, 0.5) is 0 Å². The van der Waals surface area contributed by atoms with Crippen LogP contribution in [0.25, 0.3) is 0 Å². The average molecular weight is 362 g/mol. The molecule has 1 spiro atoms. The summed E-state index contributed by atoms with van der Waals surface area (Å²) in [7, 11) is 3.35. The average Bonchev–Trinajstić information content (AvgIpc) is 2.69. The normalized spacial score (nSPS) is 27.9. The molecule has 2 rings (SSSR count). The van der Waals surface area contributed by atoms with Gasteiger partial charge < -0.3 is 9.64 Å². The minimum atomic E-state index is -3.43. The number of piperazine rings is 1. The van der Waals surface area contributed by atoms with Gasteiger partial charge in [-0.25, -0.2) is 0 Å². The lowest BCUT2D eigenvalue weighted by Gasteiger charge is -2.49. The number of methoxy groups -OCH3 is 1. The van der Waals surface area contributed by atoms with E-state index in [2.05, 4.69) is 4.90 Å². The Kier molecular flexibility index (Phi) is 6.24. The molecule has 0 aromatic heterocycles. The molecular formula is C15H30N4O4S. The summed E-state index contributed by atoms with van der Waals surface area (Å²) in [6.07, 6.45) is 1.91. The molecule has 0 unspecified atom stereocenters. The number of carbonyl (C=O) groups excluding carboxylic acids is 1. The smallest absolute Gasteiger partial charge is 0.281 e. The van der Waals surface area contributed by atoms with Gasteiger partial charge in [0.1, 0.15) is 0 Å². The molecule has 0 aliphatic carbocycles. The first-order chi connectivity index (χ1) is 11.2. The van der Waals surface area contributed by atoms with Gasteiger partial charge in [-0.1, -0.05) is 0 Å². The van der Waals surface area contributed by atoms with Crippen LogP contribution in [0.3, 0.4) is 0 Å². The lowest BCUT2D eigenvalue weighted by molar-refractivity contribution is -0.131. The molecule has 2 aliphatic rings. The van der Waals surface area contributed by atoms with Crippen LogP contribution in [0.2, 0.25) is 0 Å². The lowest BCUT2D eigenvalue weighted by Crippen LogP contribution is -2.63. The fraction of sp³-hybridized carbons (Fsp3) is 0.933. The van der Waals surface area contributed by atoms with Crippen molar-refractivity contribution in [3.8, 4) is 0 Å². The molecule has 8 nitrogen and oxygen atoms in total.